The van der Waals surface area contributed by atoms with E-state index in [1.165, 1.54) is 31.2 Å². The zero-order valence-electron chi connectivity index (χ0n) is 10.8. The normalized spacial score (nSPS) is 25.9. The lowest BCUT2D eigenvalue weighted by atomic mass is 9.76. The zero-order chi connectivity index (χ0) is 12.3. The lowest BCUT2D eigenvalue weighted by molar-refractivity contribution is 0.231. The lowest BCUT2D eigenvalue weighted by Gasteiger charge is -2.38. The van der Waals surface area contributed by atoms with E-state index < -0.39 is 0 Å². The van der Waals surface area contributed by atoms with Crippen LogP contribution in [0.4, 0.5) is 0 Å². The number of halogens is 1. The van der Waals surface area contributed by atoms with Crippen molar-refractivity contribution < 1.29 is 0 Å². The topological polar surface area (TPSA) is 12.0 Å². The van der Waals surface area contributed by atoms with Crippen LogP contribution in [0.1, 0.15) is 45.1 Å². The first-order valence-electron chi connectivity index (χ1n) is 6.66. The smallest absolute Gasteiger partial charge is 0.0457 e. The monoisotopic (exact) mass is 295 g/mol. The first-order chi connectivity index (χ1) is 8.15. The summed E-state index contributed by atoms with van der Waals surface area (Å²) in [4.78, 5) is 0. The van der Waals surface area contributed by atoms with E-state index in [0.717, 1.165) is 11.0 Å². The number of hydrogen-bond donors (Lipinski definition) is 1. The molecule has 2 rings (SSSR count). The highest BCUT2D eigenvalue weighted by Crippen LogP contribution is 2.36. The van der Waals surface area contributed by atoms with Gasteiger partial charge in [-0.2, -0.15) is 0 Å². The highest BCUT2D eigenvalue weighted by molar-refractivity contribution is 9.10. The van der Waals surface area contributed by atoms with Crippen molar-refractivity contribution in [3.8, 4) is 0 Å². The van der Waals surface area contributed by atoms with Gasteiger partial charge in [-0.1, -0.05) is 54.8 Å². The van der Waals surface area contributed by atoms with Crippen molar-refractivity contribution in [3.05, 3.63) is 34.3 Å². The Morgan fingerprint density at radius 2 is 1.82 bits per heavy atom. The SMILES string of the molecule is CC(C)C1(c2ccc(Br)cc2)CCCCCN1. The summed E-state index contributed by atoms with van der Waals surface area (Å²) in [6.07, 6.45) is 5.26. The molecule has 1 aromatic rings. The molecule has 1 aliphatic heterocycles. The Kier molecular flexibility index (Phi) is 4.26. The third-order valence-corrected chi connectivity index (χ3v) is 4.56. The standard InChI is InChI=1S/C15H22BrN/c1-12(2)15(10-4-3-5-11-17-15)13-6-8-14(16)9-7-13/h6-9,12,17H,3-5,10-11H2,1-2H3. The molecule has 0 amide bonds. The average Bonchev–Trinajstić information content (AvgIpc) is 2.56. The summed E-state index contributed by atoms with van der Waals surface area (Å²) in [5, 5.41) is 3.81. The maximum Gasteiger partial charge on any atom is 0.0457 e. The average molecular weight is 296 g/mol. The molecule has 1 saturated heterocycles. The van der Waals surface area contributed by atoms with Crippen LogP contribution < -0.4 is 5.32 Å². The summed E-state index contributed by atoms with van der Waals surface area (Å²) < 4.78 is 1.16. The molecule has 1 aromatic carbocycles. The summed E-state index contributed by atoms with van der Waals surface area (Å²) in [5.41, 5.74) is 1.62. The van der Waals surface area contributed by atoms with E-state index >= 15 is 0 Å². The fourth-order valence-corrected chi connectivity index (χ4v) is 3.19. The van der Waals surface area contributed by atoms with Gasteiger partial charge in [-0.15, -0.1) is 0 Å². The van der Waals surface area contributed by atoms with E-state index in [1.54, 1.807) is 0 Å². The molecule has 0 saturated carbocycles. The van der Waals surface area contributed by atoms with Crippen molar-refractivity contribution in [1.29, 1.82) is 0 Å². The summed E-state index contributed by atoms with van der Waals surface area (Å²) in [7, 11) is 0. The van der Waals surface area contributed by atoms with E-state index in [2.05, 4.69) is 59.4 Å². The van der Waals surface area contributed by atoms with Crippen molar-refractivity contribution in [3.63, 3.8) is 0 Å². The summed E-state index contributed by atoms with van der Waals surface area (Å²) >= 11 is 3.52. The molecule has 1 nitrogen and oxygen atoms in total. The minimum Gasteiger partial charge on any atom is -0.307 e. The first-order valence-corrected chi connectivity index (χ1v) is 7.45. The first kappa shape index (κ1) is 13.1. The van der Waals surface area contributed by atoms with Gasteiger partial charge in [0.15, 0.2) is 0 Å². The van der Waals surface area contributed by atoms with Gasteiger partial charge in [0.2, 0.25) is 0 Å². The van der Waals surface area contributed by atoms with Gasteiger partial charge in [0.1, 0.15) is 0 Å². The van der Waals surface area contributed by atoms with Gasteiger partial charge in [-0.25, -0.2) is 0 Å². The predicted molar refractivity (Wildman–Crippen MR) is 77.1 cm³/mol. The van der Waals surface area contributed by atoms with Gasteiger partial charge in [-0.05, 0) is 43.0 Å². The molecule has 1 heterocycles. The number of benzene rings is 1. The Balaban J connectivity index is 2.35. The second kappa shape index (κ2) is 5.53. The van der Waals surface area contributed by atoms with E-state index in [-0.39, 0.29) is 5.54 Å². The second-order valence-corrected chi connectivity index (χ2v) is 6.29. The maximum atomic E-state index is 3.81. The lowest BCUT2D eigenvalue weighted by Crippen LogP contribution is -2.46. The number of rotatable bonds is 2. The van der Waals surface area contributed by atoms with Crippen molar-refractivity contribution >= 4 is 15.9 Å². The van der Waals surface area contributed by atoms with Gasteiger partial charge < -0.3 is 5.32 Å². The molecule has 1 aliphatic rings. The molecule has 1 fully saturated rings. The molecule has 0 spiro atoms. The van der Waals surface area contributed by atoms with Crippen molar-refractivity contribution in [1.82, 2.24) is 5.32 Å². The molecular formula is C15H22BrN. The van der Waals surface area contributed by atoms with E-state index in [1.807, 2.05) is 0 Å². The minimum absolute atomic E-state index is 0.178. The largest absolute Gasteiger partial charge is 0.307 e. The molecular weight excluding hydrogens is 274 g/mol. The van der Waals surface area contributed by atoms with Gasteiger partial charge in [0.25, 0.3) is 0 Å². The Morgan fingerprint density at radius 3 is 2.47 bits per heavy atom. The van der Waals surface area contributed by atoms with Gasteiger partial charge in [-0.3, -0.25) is 0 Å². The highest BCUT2D eigenvalue weighted by Gasteiger charge is 2.35. The highest BCUT2D eigenvalue weighted by atomic mass is 79.9. The molecule has 17 heavy (non-hydrogen) atoms. The molecule has 0 aliphatic carbocycles. The molecule has 0 radical (unpaired) electrons. The molecule has 2 heteroatoms. The molecule has 94 valence electrons. The molecule has 1 N–H and O–H groups in total. The van der Waals surface area contributed by atoms with Gasteiger partial charge in [0, 0.05) is 10.0 Å². The summed E-state index contributed by atoms with van der Waals surface area (Å²) in [6.45, 7) is 5.81. The number of nitrogens with one attached hydrogen (secondary N) is 1. The van der Waals surface area contributed by atoms with E-state index in [0.29, 0.717) is 5.92 Å². The summed E-state index contributed by atoms with van der Waals surface area (Å²) in [5.74, 6) is 0.627. The van der Waals surface area contributed by atoms with Crippen LogP contribution in [0.15, 0.2) is 28.7 Å². The predicted octanol–water partition coefficient (Wildman–Crippen LogP) is 4.46. The summed E-state index contributed by atoms with van der Waals surface area (Å²) in [6, 6.07) is 8.85. The third kappa shape index (κ3) is 2.74. The van der Waals surface area contributed by atoms with Crippen LogP contribution in [0, 0.1) is 5.92 Å². The fraction of sp³-hybridized carbons (Fsp3) is 0.600. The van der Waals surface area contributed by atoms with Gasteiger partial charge in [0.05, 0.1) is 0 Å². The van der Waals surface area contributed by atoms with Crippen molar-refractivity contribution in [2.45, 2.75) is 45.1 Å². The zero-order valence-corrected chi connectivity index (χ0v) is 12.4. The molecule has 1 unspecified atom stereocenters. The van der Waals surface area contributed by atoms with E-state index in [9.17, 15) is 0 Å². The van der Waals surface area contributed by atoms with Crippen LogP contribution in [0.5, 0.6) is 0 Å². The van der Waals surface area contributed by atoms with E-state index in [4.69, 9.17) is 0 Å². The Hall–Kier alpha value is -0.340. The maximum absolute atomic E-state index is 3.81. The van der Waals surface area contributed by atoms with Crippen LogP contribution in [-0.4, -0.2) is 6.54 Å². The van der Waals surface area contributed by atoms with Crippen LogP contribution in [-0.2, 0) is 5.54 Å². The Bertz CT molecular complexity index is 348. The van der Waals surface area contributed by atoms with Crippen molar-refractivity contribution in [2.75, 3.05) is 6.54 Å². The van der Waals surface area contributed by atoms with Gasteiger partial charge >= 0.3 is 0 Å². The third-order valence-electron chi connectivity index (χ3n) is 4.03. The fourth-order valence-electron chi connectivity index (χ4n) is 2.93. The Labute approximate surface area is 113 Å². The quantitative estimate of drug-likeness (QED) is 0.849. The second-order valence-electron chi connectivity index (χ2n) is 5.37. The van der Waals surface area contributed by atoms with Crippen molar-refractivity contribution in [2.24, 2.45) is 5.92 Å². The van der Waals surface area contributed by atoms with Crippen LogP contribution in [0.25, 0.3) is 0 Å². The molecule has 0 bridgehead atoms. The van der Waals surface area contributed by atoms with Crippen LogP contribution in [0.3, 0.4) is 0 Å². The minimum atomic E-state index is 0.178. The number of hydrogen-bond acceptors (Lipinski definition) is 1. The Morgan fingerprint density at radius 1 is 1.12 bits per heavy atom. The molecule has 0 aromatic heterocycles. The van der Waals surface area contributed by atoms with Crippen LogP contribution >= 0.6 is 15.9 Å². The van der Waals surface area contributed by atoms with Crippen LogP contribution in [0.2, 0.25) is 0 Å². The molecule has 1 atom stereocenters.